The summed E-state index contributed by atoms with van der Waals surface area (Å²) >= 11 is 5.77. The topological polar surface area (TPSA) is 20.3 Å². The van der Waals surface area contributed by atoms with Crippen LogP contribution in [0.3, 0.4) is 0 Å². The van der Waals surface area contributed by atoms with Crippen molar-refractivity contribution in [3.8, 4) is 0 Å². The number of rotatable bonds is 4. The molecule has 0 saturated carbocycles. The highest BCUT2D eigenvalue weighted by molar-refractivity contribution is 6.20. The molecule has 1 aromatic rings. The van der Waals surface area contributed by atoms with Crippen LogP contribution < -0.4 is 0 Å². The van der Waals surface area contributed by atoms with Gasteiger partial charge in [-0.25, -0.2) is 8.78 Å². The van der Waals surface area contributed by atoms with Gasteiger partial charge >= 0.3 is 0 Å². The molecule has 100 valence electrons. The van der Waals surface area contributed by atoms with E-state index in [1.54, 1.807) is 6.92 Å². The highest BCUT2D eigenvalue weighted by Gasteiger charge is 2.22. The molecule has 0 N–H and O–H groups in total. The summed E-state index contributed by atoms with van der Waals surface area (Å²) in [6.07, 6.45) is 0.568. The van der Waals surface area contributed by atoms with Crippen LogP contribution >= 0.6 is 11.6 Å². The van der Waals surface area contributed by atoms with Crippen molar-refractivity contribution in [2.45, 2.75) is 25.6 Å². The van der Waals surface area contributed by atoms with Crippen LogP contribution in [0.1, 0.15) is 29.3 Å². The van der Waals surface area contributed by atoms with Crippen molar-refractivity contribution in [3.05, 3.63) is 34.9 Å². The predicted molar refractivity (Wildman–Crippen MR) is 68.0 cm³/mol. The first-order valence-corrected chi connectivity index (χ1v) is 6.12. The Kier molecular flexibility index (Phi) is 5.08. The van der Waals surface area contributed by atoms with Gasteiger partial charge < -0.3 is 4.90 Å². The number of carbonyl (C=O) groups excluding carboxylic acids is 1. The zero-order valence-corrected chi connectivity index (χ0v) is 11.4. The summed E-state index contributed by atoms with van der Waals surface area (Å²) in [6, 6.07) is 2.41. The van der Waals surface area contributed by atoms with Crippen molar-refractivity contribution < 1.29 is 13.6 Å². The molecule has 1 aromatic carbocycles. The van der Waals surface area contributed by atoms with E-state index in [0.717, 1.165) is 6.07 Å². The molecular formula is C13H16ClF2NO. The number of halogens is 3. The van der Waals surface area contributed by atoms with E-state index in [1.807, 2.05) is 0 Å². The van der Waals surface area contributed by atoms with Crippen LogP contribution in [0.15, 0.2) is 12.1 Å². The van der Waals surface area contributed by atoms with E-state index in [-0.39, 0.29) is 10.9 Å². The molecule has 0 aliphatic heterocycles. The lowest BCUT2D eigenvalue weighted by Gasteiger charge is -2.19. The van der Waals surface area contributed by atoms with Gasteiger partial charge in [-0.3, -0.25) is 4.79 Å². The van der Waals surface area contributed by atoms with Crippen molar-refractivity contribution >= 4 is 17.5 Å². The summed E-state index contributed by atoms with van der Waals surface area (Å²) in [4.78, 5) is 13.2. The van der Waals surface area contributed by atoms with E-state index in [0.29, 0.717) is 13.0 Å². The molecule has 0 aliphatic rings. The average molecular weight is 276 g/mol. The molecule has 0 aliphatic carbocycles. The van der Waals surface area contributed by atoms with Crippen LogP contribution in [0.5, 0.6) is 0 Å². The van der Waals surface area contributed by atoms with Gasteiger partial charge in [-0.1, -0.05) is 6.07 Å². The summed E-state index contributed by atoms with van der Waals surface area (Å²) in [5.74, 6) is -2.30. The quantitative estimate of drug-likeness (QED) is 0.772. The molecule has 5 heteroatoms. The third kappa shape index (κ3) is 3.42. The fourth-order valence-corrected chi connectivity index (χ4v) is 1.61. The zero-order chi connectivity index (χ0) is 13.9. The number of nitrogens with zero attached hydrogens (tertiary/aromatic N) is 1. The molecule has 1 unspecified atom stereocenters. The van der Waals surface area contributed by atoms with Gasteiger partial charge in [0, 0.05) is 19.0 Å². The lowest BCUT2D eigenvalue weighted by Crippen LogP contribution is -2.30. The molecular weight excluding hydrogens is 260 g/mol. The summed E-state index contributed by atoms with van der Waals surface area (Å²) in [5, 5.41) is -0.0903. The van der Waals surface area contributed by atoms with Crippen molar-refractivity contribution in [1.82, 2.24) is 4.90 Å². The Bertz CT molecular complexity index is 449. The number of carbonyl (C=O) groups is 1. The number of benzene rings is 1. The molecule has 1 amide bonds. The zero-order valence-electron chi connectivity index (χ0n) is 10.6. The normalized spacial score (nSPS) is 12.3. The highest BCUT2D eigenvalue weighted by atomic mass is 35.5. The Hall–Kier alpha value is -1.16. The van der Waals surface area contributed by atoms with Crippen LogP contribution in [0.2, 0.25) is 0 Å². The Balaban J connectivity index is 2.93. The molecule has 0 bridgehead atoms. The van der Waals surface area contributed by atoms with Gasteiger partial charge in [-0.05, 0) is 31.9 Å². The van der Waals surface area contributed by atoms with E-state index < -0.39 is 23.1 Å². The lowest BCUT2D eigenvalue weighted by molar-refractivity contribution is 0.0784. The van der Waals surface area contributed by atoms with Gasteiger partial charge in [0.25, 0.3) is 5.91 Å². The van der Waals surface area contributed by atoms with E-state index in [4.69, 9.17) is 11.6 Å². The van der Waals surface area contributed by atoms with Crippen molar-refractivity contribution in [2.75, 3.05) is 13.6 Å². The fourth-order valence-electron chi connectivity index (χ4n) is 1.52. The van der Waals surface area contributed by atoms with E-state index >= 15 is 0 Å². The van der Waals surface area contributed by atoms with Gasteiger partial charge in [0.2, 0.25) is 0 Å². The highest BCUT2D eigenvalue weighted by Crippen LogP contribution is 2.18. The molecule has 0 spiro atoms. The van der Waals surface area contributed by atoms with Crippen LogP contribution in [0, 0.1) is 18.6 Å². The summed E-state index contributed by atoms with van der Waals surface area (Å²) in [7, 11) is 1.50. The minimum atomic E-state index is -0.839. The van der Waals surface area contributed by atoms with Gasteiger partial charge in [0.15, 0.2) is 0 Å². The predicted octanol–water partition coefficient (Wildman–Crippen LogP) is 3.36. The Morgan fingerprint density at radius 1 is 1.44 bits per heavy atom. The maximum absolute atomic E-state index is 13.8. The van der Waals surface area contributed by atoms with E-state index in [2.05, 4.69) is 0 Å². The van der Waals surface area contributed by atoms with Crippen molar-refractivity contribution in [1.29, 1.82) is 0 Å². The molecule has 0 fully saturated rings. The third-order valence-electron chi connectivity index (χ3n) is 2.71. The number of amides is 1. The average Bonchev–Trinajstić information content (AvgIpc) is 2.31. The first-order chi connectivity index (χ1) is 8.34. The first kappa shape index (κ1) is 14.9. The number of aryl methyl sites for hydroxylation is 1. The second-order valence-corrected chi connectivity index (χ2v) is 5.09. The molecule has 1 rings (SSSR count). The van der Waals surface area contributed by atoms with Gasteiger partial charge in [0.1, 0.15) is 17.2 Å². The molecule has 1 atom stereocenters. The fraction of sp³-hybridized carbons (Fsp3) is 0.462. The maximum atomic E-state index is 13.8. The molecule has 0 radical (unpaired) electrons. The monoisotopic (exact) mass is 275 g/mol. The third-order valence-corrected chi connectivity index (χ3v) is 2.93. The van der Waals surface area contributed by atoms with Gasteiger partial charge in [-0.15, -0.1) is 11.6 Å². The standard InChI is InChI=1S/C13H16ClF2NO/c1-8-4-5-10(15)11(12(8)16)13(18)17(3)7-6-9(2)14/h4-5,9H,6-7H2,1-3H3. The van der Waals surface area contributed by atoms with Crippen molar-refractivity contribution in [2.24, 2.45) is 0 Å². The second-order valence-electron chi connectivity index (χ2n) is 4.35. The summed E-state index contributed by atoms with van der Waals surface area (Å²) < 4.78 is 27.3. The van der Waals surface area contributed by atoms with Crippen LogP contribution in [-0.4, -0.2) is 29.8 Å². The summed E-state index contributed by atoms with van der Waals surface area (Å²) in [6.45, 7) is 3.65. The lowest BCUT2D eigenvalue weighted by atomic mass is 10.1. The van der Waals surface area contributed by atoms with E-state index in [1.165, 1.54) is 24.9 Å². The Labute approximate surface area is 111 Å². The minimum Gasteiger partial charge on any atom is -0.341 e. The number of alkyl halides is 1. The molecule has 18 heavy (non-hydrogen) atoms. The largest absolute Gasteiger partial charge is 0.341 e. The van der Waals surface area contributed by atoms with E-state index in [9.17, 15) is 13.6 Å². The van der Waals surface area contributed by atoms with Crippen LogP contribution in [-0.2, 0) is 0 Å². The molecule has 0 saturated heterocycles. The SMILES string of the molecule is Cc1ccc(F)c(C(=O)N(C)CCC(C)Cl)c1F. The van der Waals surface area contributed by atoms with Crippen molar-refractivity contribution in [3.63, 3.8) is 0 Å². The maximum Gasteiger partial charge on any atom is 0.259 e. The number of hydrogen-bond donors (Lipinski definition) is 0. The molecule has 0 aromatic heterocycles. The van der Waals surface area contributed by atoms with Gasteiger partial charge in [0.05, 0.1) is 0 Å². The Morgan fingerprint density at radius 2 is 2.06 bits per heavy atom. The van der Waals surface area contributed by atoms with Crippen LogP contribution in [0.4, 0.5) is 8.78 Å². The summed E-state index contributed by atoms with van der Waals surface area (Å²) in [5.41, 5.74) is -0.251. The smallest absolute Gasteiger partial charge is 0.259 e. The van der Waals surface area contributed by atoms with Gasteiger partial charge in [-0.2, -0.15) is 0 Å². The van der Waals surface area contributed by atoms with Crippen LogP contribution in [0.25, 0.3) is 0 Å². The number of hydrogen-bond acceptors (Lipinski definition) is 1. The Morgan fingerprint density at radius 3 is 2.61 bits per heavy atom. The first-order valence-electron chi connectivity index (χ1n) is 5.68. The molecule has 2 nitrogen and oxygen atoms in total. The second kappa shape index (κ2) is 6.14. The molecule has 0 heterocycles. The minimum absolute atomic E-state index is 0.0903.